The fourth-order valence-electron chi connectivity index (χ4n) is 4.07. The van der Waals surface area contributed by atoms with E-state index in [9.17, 15) is 9.59 Å². The van der Waals surface area contributed by atoms with E-state index in [1.54, 1.807) is 6.92 Å². The van der Waals surface area contributed by atoms with Gasteiger partial charge < -0.3 is 20.0 Å². The Morgan fingerprint density at radius 2 is 1.81 bits per heavy atom. The van der Waals surface area contributed by atoms with Crippen molar-refractivity contribution in [2.45, 2.75) is 39.8 Å². The lowest BCUT2D eigenvalue weighted by molar-refractivity contribution is -0.129. The van der Waals surface area contributed by atoms with Crippen LogP contribution in [0.1, 0.15) is 42.4 Å². The summed E-state index contributed by atoms with van der Waals surface area (Å²) in [7, 11) is 0. The number of carbonyl (C=O) groups excluding carboxylic acids is 2. The molecule has 1 aromatic carbocycles. The summed E-state index contributed by atoms with van der Waals surface area (Å²) in [5, 5.41) is 3.46. The molecule has 0 radical (unpaired) electrons. The van der Waals surface area contributed by atoms with Crippen molar-refractivity contribution in [3.05, 3.63) is 47.2 Å². The molecule has 1 saturated heterocycles. The van der Waals surface area contributed by atoms with Crippen LogP contribution in [0.2, 0.25) is 0 Å². The average Bonchev–Trinajstić information content (AvgIpc) is 3.11. The minimum absolute atomic E-state index is 0.0397. The molecule has 1 aromatic heterocycles. The van der Waals surface area contributed by atoms with Gasteiger partial charge in [0.05, 0.1) is 6.54 Å². The normalized spacial score (nSPS) is 16.1. The number of rotatable bonds is 6. The number of benzene rings is 1. The molecule has 0 unspecified atom stereocenters. The van der Waals surface area contributed by atoms with Gasteiger partial charge in [-0.25, -0.2) is 4.98 Å². The summed E-state index contributed by atoms with van der Waals surface area (Å²) < 4.78 is 0. The summed E-state index contributed by atoms with van der Waals surface area (Å²) in [5.74, 6) is 1.34. The van der Waals surface area contributed by atoms with Crippen LogP contribution in [-0.2, 0) is 17.8 Å². The van der Waals surface area contributed by atoms with Gasteiger partial charge in [0, 0.05) is 51.3 Å². The summed E-state index contributed by atoms with van der Waals surface area (Å²) in [5.41, 5.74) is 2.62. The third-order valence-electron chi connectivity index (χ3n) is 5.97. The highest BCUT2D eigenvalue weighted by Gasteiger charge is 2.35. The lowest BCUT2D eigenvalue weighted by Crippen LogP contribution is -2.48. The molecule has 8 heteroatoms. The molecule has 0 spiro atoms. The molecule has 8 nitrogen and oxygen atoms in total. The Hall–Kier alpha value is -3.16. The van der Waals surface area contributed by atoms with Crippen molar-refractivity contribution in [2.75, 3.05) is 42.9 Å². The number of anilines is 2. The molecule has 2 amide bonds. The van der Waals surface area contributed by atoms with Crippen LogP contribution in [0.4, 0.5) is 11.8 Å². The van der Waals surface area contributed by atoms with Gasteiger partial charge in [-0.15, -0.1) is 0 Å². The van der Waals surface area contributed by atoms with Gasteiger partial charge >= 0.3 is 0 Å². The number of nitrogens with one attached hydrogen (secondary N) is 1. The number of amides is 2. The molecule has 2 aromatic rings. The molecule has 0 bridgehead atoms. The van der Waals surface area contributed by atoms with Gasteiger partial charge in [-0.2, -0.15) is 4.98 Å². The second-order valence-electron chi connectivity index (χ2n) is 8.38. The Labute approximate surface area is 183 Å². The van der Waals surface area contributed by atoms with E-state index in [-0.39, 0.29) is 17.9 Å². The summed E-state index contributed by atoms with van der Waals surface area (Å²) in [6.45, 7) is 9.46. The minimum Gasteiger partial charge on any atom is -0.369 e. The van der Waals surface area contributed by atoms with Crippen LogP contribution in [0, 0.1) is 0 Å². The molecule has 1 N–H and O–H groups in total. The number of carbonyl (C=O) groups is 2. The summed E-state index contributed by atoms with van der Waals surface area (Å²) >= 11 is 0. The predicted octanol–water partition coefficient (Wildman–Crippen LogP) is 2.16. The van der Waals surface area contributed by atoms with Crippen LogP contribution in [-0.4, -0.2) is 70.3 Å². The topological polar surface area (TPSA) is 81.7 Å². The summed E-state index contributed by atoms with van der Waals surface area (Å²) in [6, 6.07) is 10.4. The maximum absolute atomic E-state index is 13.0. The SMILES string of the molecule is CC(=O)N1CCN(c2nc(NCCc3ccccc3)c3c(n2)C(=O)N(C(C)C)C3)CC1. The number of piperazine rings is 1. The van der Waals surface area contributed by atoms with E-state index >= 15 is 0 Å². The maximum Gasteiger partial charge on any atom is 0.273 e. The second kappa shape index (κ2) is 8.91. The first-order valence-electron chi connectivity index (χ1n) is 10.9. The smallest absolute Gasteiger partial charge is 0.273 e. The molecule has 0 saturated carbocycles. The van der Waals surface area contributed by atoms with Crippen molar-refractivity contribution in [1.82, 2.24) is 19.8 Å². The van der Waals surface area contributed by atoms with Gasteiger partial charge in [-0.05, 0) is 25.8 Å². The number of hydrogen-bond acceptors (Lipinski definition) is 6. The first kappa shape index (κ1) is 21.1. The van der Waals surface area contributed by atoms with Crippen molar-refractivity contribution >= 4 is 23.6 Å². The fraction of sp³-hybridized carbons (Fsp3) is 0.478. The zero-order valence-corrected chi connectivity index (χ0v) is 18.5. The zero-order valence-electron chi connectivity index (χ0n) is 18.5. The highest BCUT2D eigenvalue weighted by molar-refractivity contribution is 5.98. The van der Waals surface area contributed by atoms with Crippen LogP contribution >= 0.6 is 0 Å². The van der Waals surface area contributed by atoms with Crippen LogP contribution in [0.15, 0.2) is 30.3 Å². The fourth-order valence-corrected chi connectivity index (χ4v) is 4.07. The monoisotopic (exact) mass is 422 g/mol. The second-order valence-corrected chi connectivity index (χ2v) is 8.38. The van der Waals surface area contributed by atoms with Gasteiger partial charge in [-0.1, -0.05) is 30.3 Å². The highest BCUT2D eigenvalue weighted by Crippen LogP contribution is 2.30. The van der Waals surface area contributed by atoms with Gasteiger partial charge in [0.15, 0.2) is 0 Å². The Morgan fingerprint density at radius 3 is 2.45 bits per heavy atom. The third-order valence-corrected chi connectivity index (χ3v) is 5.97. The molecule has 31 heavy (non-hydrogen) atoms. The number of aromatic nitrogens is 2. The molecule has 1 fully saturated rings. The Balaban J connectivity index is 1.57. The van der Waals surface area contributed by atoms with Crippen molar-refractivity contribution in [1.29, 1.82) is 0 Å². The molecular formula is C23H30N6O2. The first-order valence-corrected chi connectivity index (χ1v) is 10.9. The van der Waals surface area contributed by atoms with Crippen LogP contribution in [0.3, 0.4) is 0 Å². The Morgan fingerprint density at radius 1 is 1.10 bits per heavy atom. The van der Waals surface area contributed by atoms with Crippen molar-refractivity contribution < 1.29 is 9.59 Å². The first-order chi connectivity index (χ1) is 14.9. The number of nitrogens with zero attached hydrogens (tertiary/aromatic N) is 5. The Kier molecular flexibility index (Phi) is 6.06. The van der Waals surface area contributed by atoms with Crippen LogP contribution < -0.4 is 10.2 Å². The molecular weight excluding hydrogens is 392 g/mol. The maximum atomic E-state index is 13.0. The molecule has 3 heterocycles. The third kappa shape index (κ3) is 4.47. The van der Waals surface area contributed by atoms with E-state index in [2.05, 4.69) is 27.3 Å². The standard InChI is InChI=1S/C23H30N6O2/c1-16(2)29-15-19-20(22(29)31)25-23(28-13-11-27(12-14-28)17(3)30)26-21(19)24-10-9-18-7-5-4-6-8-18/h4-8,16H,9-15H2,1-3H3,(H,24,25,26). The van der Waals surface area contributed by atoms with E-state index in [0.717, 1.165) is 24.3 Å². The summed E-state index contributed by atoms with van der Waals surface area (Å²) in [4.78, 5) is 39.9. The Bertz CT molecular complexity index is 954. The lowest BCUT2D eigenvalue weighted by atomic mass is 10.1. The number of hydrogen-bond donors (Lipinski definition) is 1. The quantitative estimate of drug-likeness (QED) is 0.768. The molecule has 0 atom stereocenters. The molecule has 0 aliphatic carbocycles. The van der Waals surface area contributed by atoms with Crippen LogP contribution in [0.5, 0.6) is 0 Å². The molecule has 2 aliphatic rings. The summed E-state index contributed by atoms with van der Waals surface area (Å²) in [6.07, 6.45) is 0.869. The minimum atomic E-state index is -0.0397. The molecule has 4 rings (SSSR count). The highest BCUT2D eigenvalue weighted by atomic mass is 16.2. The largest absolute Gasteiger partial charge is 0.369 e. The molecule has 2 aliphatic heterocycles. The zero-order chi connectivity index (χ0) is 22.0. The van der Waals surface area contributed by atoms with Gasteiger partial charge in [0.1, 0.15) is 11.5 Å². The van der Waals surface area contributed by atoms with E-state index in [1.165, 1.54) is 5.56 Å². The van der Waals surface area contributed by atoms with E-state index in [1.807, 2.05) is 41.8 Å². The lowest BCUT2D eigenvalue weighted by Gasteiger charge is -2.34. The van der Waals surface area contributed by atoms with Gasteiger partial charge in [-0.3, -0.25) is 9.59 Å². The number of fused-ring (bicyclic) bond motifs is 1. The average molecular weight is 423 g/mol. The van der Waals surface area contributed by atoms with Crippen molar-refractivity contribution in [2.24, 2.45) is 0 Å². The van der Waals surface area contributed by atoms with Crippen LogP contribution in [0.25, 0.3) is 0 Å². The van der Waals surface area contributed by atoms with E-state index < -0.39 is 0 Å². The van der Waals surface area contributed by atoms with Gasteiger partial charge in [0.25, 0.3) is 5.91 Å². The molecule has 164 valence electrons. The van der Waals surface area contributed by atoms with Crippen molar-refractivity contribution in [3.8, 4) is 0 Å². The van der Waals surface area contributed by atoms with E-state index in [0.29, 0.717) is 44.4 Å². The van der Waals surface area contributed by atoms with Gasteiger partial charge in [0.2, 0.25) is 11.9 Å². The van der Waals surface area contributed by atoms with E-state index in [4.69, 9.17) is 4.98 Å². The predicted molar refractivity (Wildman–Crippen MR) is 120 cm³/mol. The van der Waals surface area contributed by atoms with Crippen molar-refractivity contribution in [3.63, 3.8) is 0 Å².